The quantitative estimate of drug-likeness (QED) is 0.842. The lowest BCUT2D eigenvalue weighted by Crippen LogP contribution is -2.15. The lowest BCUT2D eigenvalue weighted by molar-refractivity contribution is 0.0995. The van der Waals surface area contributed by atoms with Gasteiger partial charge in [0, 0.05) is 18.0 Å². The SMILES string of the molecule is CC(C)c1cncc(C(N)=O)c1OC1CC1. The normalized spacial score (nSPS) is 15.2. The van der Waals surface area contributed by atoms with E-state index in [0.29, 0.717) is 11.3 Å². The van der Waals surface area contributed by atoms with Crippen LogP contribution in [0.3, 0.4) is 0 Å². The lowest BCUT2D eigenvalue weighted by Gasteiger charge is -2.15. The molecule has 86 valence electrons. The van der Waals surface area contributed by atoms with Crippen molar-refractivity contribution in [2.45, 2.75) is 38.7 Å². The van der Waals surface area contributed by atoms with Crippen LogP contribution in [0.1, 0.15) is 48.5 Å². The molecule has 0 atom stereocenters. The second kappa shape index (κ2) is 4.12. The van der Waals surface area contributed by atoms with Crippen molar-refractivity contribution in [1.82, 2.24) is 4.98 Å². The molecule has 2 rings (SSSR count). The molecule has 1 aliphatic carbocycles. The zero-order chi connectivity index (χ0) is 11.7. The van der Waals surface area contributed by atoms with Gasteiger partial charge in [-0.2, -0.15) is 0 Å². The van der Waals surface area contributed by atoms with Gasteiger partial charge in [0.1, 0.15) is 5.75 Å². The van der Waals surface area contributed by atoms with Crippen LogP contribution in [0.5, 0.6) is 5.75 Å². The van der Waals surface area contributed by atoms with E-state index < -0.39 is 5.91 Å². The molecule has 1 heterocycles. The average molecular weight is 220 g/mol. The first-order valence-electron chi connectivity index (χ1n) is 5.54. The smallest absolute Gasteiger partial charge is 0.254 e. The van der Waals surface area contributed by atoms with E-state index in [-0.39, 0.29) is 12.0 Å². The minimum Gasteiger partial charge on any atom is -0.489 e. The third-order valence-corrected chi connectivity index (χ3v) is 2.62. The van der Waals surface area contributed by atoms with Crippen molar-refractivity contribution >= 4 is 5.91 Å². The molecule has 0 saturated heterocycles. The highest BCUT2D eigenvalue weighted by Gasteiger charge is 2.27. The molecular formula is C12H16N2O2. The predicted molar refractivity (Wildman–Crippen MR) is 60.5 cm³/mol. The molecule has 16 heavy (non-hydrogen) atoms. The van der Waals surface area contributed by atoms with Gasteiger partial charge in [-0.05, 0) is 18.8 Å². The van der Waals surface area contributed by atoms with E-state index in [4.69, 9.17) is 10.5 Å². The van der Waals surface area contributed by atoms with E-state index in [1.165, 1.54) is 6.20 Å². The van der Waals surface area contributed by atoms with Crippen molar-refractivity contribution in [3.8, 4) is 5.75 Å². The van der Waals surface area contributed by atoms with Crippen molar-refractivity contribution in [1.29, 1.82) is 0 Å². The fraction of sp³-hybridized carbons (Fsp3) is 0.500. The van der Waals surface area contributed by atoms with Gasteiger partial charge in [-0.25, -0.2) is 0 Å². The number of nitrogens with two attached hydrogens (primary N) is 1. The van der Waals surface area contributed by atoms with Gasteiger partial charge in [0.05, 0.1) is 11.7 Å². The number of ether oxygens (including phenoxy) is 1. The number of hydrogen-bond acceptors (Lipinski definition) is 3. The molecule has 1 aliphatic rings. The Morgan fingerprint density at radius 2 is 2.19 bits per heavy atom. The summed E-state index contributed by atoms with van der Waals surface area (Å²) in [7, 11) is 0. The Hall–Kier alpha value is -1.58. The second-order valence-corrected chi connectivity index (χ2v) is 4.44. The Bertz CT molecular complexity index is 411. The van der Waals surface area contributed by atoms with Gasteiger partial charge in [0.2, 0.25) is 0 Å². The summed E-state index contributed by atoms with van der Waals surface area (Å²) in [6.45, 7) is 4.09. The van der Waals surface area contributed by atoms with Crippen LogP contribution >= 0.6 is 0 Å². The number of carbonyl (C=O) groups excluding carboxylic acids is 1. The molecule has 1 aromatic heterocycles. The Morgan fingerprint density at radius 3 is 2.69 bits per heavy atom. The maximum atomic E-state index is 11.3. The van der Waals surface area contributed by atoms with Crippen molar-refractivity contribution in [2.24, 2.45) is 5.73 Å². The summed E-state index contributed by atoms with van der Waals surface area (Å²) >= 11 is 0. The lowest BCUT2D eigenvalue weighted by atomic mass is 10.0. The summed E-state index contributed by atoms with van der Waals surface area (Å²) in [6.07, 6.45) is 5.58. The Kier molecular flexibility index (Phi) is 2.81. The highest BCUT2D eigenvalue weighted by atomic mass is 16.5. The highest BCUT2D eigenvalue weighted by Crippen LogP contribution is 2.34. The van der Waals surface area contributed by atoms with Crippen molar-refractivity contribution in [2.75, 3.05) is 0 Å². The van der Waals surface area contributed by atoms with E-state index >= 15 is 0 Å². The molecule has 2 N–H and O–H groups in total. The third-order valence-electron chi connectivity index (χ3n) is 2.62. The van der Waals surface area contributed by atoms with Crippen LogP contribution in [0.15, 0.2) is 12.4 Å². The van der Waals surface area contributed by atoms with E-state index in [1.54, 1.807) is 6.20 Å². The molecule has 1 amide bonds. The molecule has 0 bridgehead atoms. The molecule has 0 radical (unpaired) electrons. The zero-order valence-corrected chi connectivity index (χ0v) is 9.56. The second-order valence-electron chi connectivity index (χ2n) is 4.44. The largest absolute Gasteiger partial charge is 0.489 e. The van der Waals surface area contributed by atoms with Gasteiger partial charge in [-0.1, -0.05) is 13.8 Å². The van der Waals surface area contributed by atoms with Gasteiger partial charge in [-0.3, -0.25) is 9.78 Å². The van der Waals surface area contributed by atoms with Crippen LogP contribution in [0.25, 0.3) is 0 Å². The standard InChI is InChI=1S/C12H16N2O2/c1-7(2)9-5-14-6-10(12(13)15)11(9)16-8-3-4-8/h5-8H,3-4H2,1-2H3,(H2,13,15). The summed E-state index contributed by atoms with van der Waals surface area (Å²) in [5.74, 6) is 0.409. The first kappa shape index (κ1) is 10.9. The molecule has 0 spiro atoms. The van der Waals surface area contributed by atoms with Gasteiger partial charge in [0.25, 0.3) is 5.91 Å². The van der Waals surface area contributed by atoms with Crippen LogP contribution in [0, 0.1) is 0 Å². The monoisotopic (exact) mass is 220 g/mol. The molecule has 1 fully saturated rings. The molecule has 1 aromatic rings. The number of aromatic nitrogens is 1. The first-order chi connectivity index (χ1) is 7.59. The van der Waals surface area contributed by atoms with Crippen molar-refractivity contribution < 1.29 is 9.53 Å². The summed E-state index contributed by atoms with van der Waals surface area (Å²) in [5.41, 5.74) is 6.66. The average Bonchev–Trinajstić information content (AvgIpc) is 3.01. The van der Waals surface area contributed by atoms with Crippen LogP contribution in [0.2, 0.25) is 0 Å². The van der Waals surface area contributed by atoms with E-state index in [2.05, 4.69) is 4.98 Å². The maximum Gasteiger partial charge on any atom is 0.254 e. The number of carbonyl (C=O) groups is 1. The summed E-state index contributed by atoms with van der Waals surface area (Å²) in [5, 5.41) is 0. The van der Waals surface area contributed by atoms with Gasteiger partial charge < -0.3 is 10.5 Å². The van der Waals surface area contributed by atoms with Gasteiger partial charge in [-0.15, -0.1) is 0 Å². The Balaban J connectivity index is 2.42. The van der Waals surface area contributed by atoms with Crippen LogP contribution in [-0.2, 0) is 0 Å². The van der Waals surface area contributed by atoms with Crippen molar-refractivity contribution in [3.05, 3.63) is 23.5 Å². The maximum absolute atomic E-state index is 11.3. The fourth-order valence-electron chi connectivity index (χ4n) is 1.54. The highest BCUT2D eigenvalue weighted by molar-refractivity contribution is 5.95. The number of pyridine rings is 1. The zero-order valence-electron chi connectivity index (χ0n) is 9.56. The molecule has 1 saturated carbocycles. The molecule has 0 unspecified atom stereocenters. The molecular weight excluding hydrogens is 204 g/mol. The van der Waals surface area contributed by atoms with Crippen LogP contribution in [-0.4, -0.2) is 17.0 Å². The topological polar surface area (TPSA) is 65.2 Å². The van der Waals surface area contributed by atoms with E-state index in [1.807, 2.05) is 13.8 Å². The Labute approximate surface area is 94.8 Å². The van der Waals surface area contributed by atoms with Gasteiger partial charge >= 0.3 is 0 Å². The Morgan fingerprint density at radius 1 is 1.50 bits per heavy atom. The molecule has 4 nitrogen and oxygen atoms in total. The number of amides is 1. The number of hydrogen-bond donors (Lipinski definition) is 1. The molecule has 4 heteroatoms. The first-order valence-corrected chi connectivity index (χ1v) is 5.54. The van der Waals surface area contributed by atoms with Crippen LogP contribution in [0.4, 0.5) is 0 Å². The minimum atomic E-state index is -0.481. The molecule has 0 aliphatic heterocycles. The van der Waals surface area contributed by atoms with Crippen molar-refractivity contribution in [3.63, 3.8) is 0 Å². The summed E-state index contributed by atoms with van der Waals surface area (Å²) < 4.78 is 5.77. The number of primary amides is 1. The third kappa shape index (κ3) is 2.15. The van der Waals surface area contributed by atoms with E-state index in [0.717, 1.165) is 18.4 Å². The summed E-state index contributed by atoms with van der Waals surface area (Å²) in [4.78, 5) is 15.3. The fourth-order valence-corrected chi connectivity index (χ4v) is 1.54. The minimum absolute atomic E-state index is 0.248. The number of rotatable bonds is 4. The van der Waals surface area contributed by atoms with Gasteiger partial charge in [0.15, 0.2) is 0 Å². The summed E-state index contributed by atoms with van der Waals surface area (Å²) in [6, 6.07) is 0. The molecule has 0 aromatic carbocycles. The van der Waals surface area contributed by atoms with E-state index in [9.17, 15) is 4.79 Å². The van der Waals surface area contributed by atoms with Crippen LogP contribution < -0.4 is 10.5 Å². The predicted octanol–water partition coefficient (Wildman–Crippen LogP) is 1.85. The number of nitrogens with zero attached hydrogens (tertiary/aromatic N) is 1.